The van der Waals surface area contributed by atoms with Gasteiger partial charge in [-0.05, 0) is 31.9 Å². The Bertz CT molecular complexity index is 808. The van der Waals surface area contributed by atoms with Crippen molar-refractivity contribution in [2.75, 3.05) is 38.5 Å². The molecule has 29 heavy (non-hydrogen) atoms. The van der Waals surface area contributed by atoms with Gasteiger partial charge in [-0.25, -0.2) is 4.98 Å². The van der Waals surface area contributed by atoms with Crippen LogP contribution in [0.4, 0.5) is 5.13 Å². The first-order valence-corrected chi connectivity index (χ1v) is 10.9. The van der Waals surface area contributed by atoms with Crippen LogP contribution in [0.5, 0.6) is 0 Å². The van der Waals surface area contributed by atoms with Crippen molar-refractivity contribution in [3.05, 3.63) is 47.0 Å². The van der Waals surface area contributed by atoms with Gasteiger partial charge in [-0.3, -0.25) is 4.79 Å². The molecule has 0 aliphatic carbocycles. The molecule has 1 unspecified atom stereocenters. The zero-order valence-corrected chi connectivity index (χ0v) is 18.4. The highest BCUT2D eigenvalue weighted by atomic mass is 35.5. The topological polar surface area (TPSA) is 71.7 Å². The van der Waals surface area contributed by atoms with Gasteiger partial charge in [0, 0.05) is 43.5 Å². The lowest BCUT2D eigenvalue weighted by atomic mass is 9.88. The van der Waals surface area contributed by atoms with E-state index in [-0.39, 0.29) is 30.0 Å². The van der Waals surface area contributed by atoms with Crippen LogP contribution in [0.15, 0.2) is 35.7 Å². The number of amides is 1. The van der Waals surface area contributed by atoms with Crippen LogP contribution in [-0.2, 0) is 11.2 Å². The fraction of sp³-hybridized carbons (Fsp3) is 0.524. The molecule has 1 spiro atoms. The summed E-state index contributed by atoms with van der Waals surface area (Å²) in [7, 11) is 0. The van der Waals surface area contributed by atoms with Gasteiger partial charge in [0.2, 0.25) is 0 Å². The quantitative estimate of drug-likeness (QED) is 0.797. The van der Waals surface area contributed by atoms with Crippen LogP contribution in [0.1, 0.15) is 35.8 Å². The lowest BCUT2D eigenvalue weighted by Crippen LogP contribution is -2.60. The summed E-state index contributed by atoms with van der Waals surface area (Å²) in [5.41, 5.74) is 7.33. The van der Waals surface area contributed by atoms with Crippen LogP contribution in [0.3, 0.4) is 0 Å². The average Bonchev–Trinajstić information content (AvgIpc) is 3.12. The van der Waals surface area contributed by atoms with Crippen molar-refractivity contribution < 1.29 is 9.53 Å². The molecule has 0 radical (unpaired) electrons. The third kappa shape index (κ3) is 5.28. The molecule has 1 atom stereocenters. The van der Waals surface area contributed by atoms with Crippen molar-refractivity contribution in [2.45, 2.75) is 37.9 Å². The Labute approximate surface area is 182 Å². The number of rotatable bonds is 4. The predicted octanol–water partition coefficient (Wildman–Crippen LogP) is 3.09. The zero-order chi connectivity index (χ0) is 19.6. The highest BCUT2D eigenvalue weighted by molar-refractivity contribution is 7.13. The lowest BCUT2D eigenvalue weighted by Gasteiger charge is -2.49. The maximum absolute atomic E-state index is 12.9. The van der Waals surface area contributed by atoms with Gasteiger partial charge >= 0.3 is 0 Å². The number of likely N-dealkylation sites (tertiary alicyclic amines) is 1. The number of ether oxygens (including phenoxy) is 1. The minimum Gasteiger partial charge on any atom is -0.375 e. The summed E-state index contributed by atoms with van der Waals surface area (Å²) in [6.45, 7) is 6.37. The Morgan fingerprint density at radius 2 is 2.03 bits per heavy atom. The van der Waals surface area contributed by atoms with E-state index in [9.17, 15) is 4.79 Å². The molecule has 1 aromatic carbocycles. The summed E-state index contributed by atoms with van der Waals surface area (Å²) in [6, 6.07) is 9.56. The molecular weight excluding hydrogens is 408 g/mol. The lowest BCUT2D eigenvalue weighted by molar-refractivity contribution is -0.161. The average molecular weight is 437 g/mol. The Morgan fingerprint density at radius 1 is 1.31 bits per heavy atom. The van der Waals surface area contributed by atoms with Crippen LogP contribution in [0.25, 0.3) is 0 Å². The fourth-order valence-electron chi connectivity index (χ4n) is 4.31. The largest absolute Gasteiger partial charge is 0.375 e. The van der Waals surface area contributed by atoms with Crippen molar-refractivity contribution >= 4 is 34.8 Å². The number of thiazole rings is 1. The van der Waals surface area contributed by atoms with E-state index in [1.54, 1.807) is 0 Å². The monoisotopic (exact) mass is 436 g/mol. The van der Waals surface area contributed by atoms with E-state index in [0.717, 1.165) is 50.2 Å². The highest BCUT2D eigenvalue weighted by Crippen LogP contribution is 2.33. The van der Waals surface area contributed by atoms with Gasteiger partial charge in [0.15, 0.2) is 5.13 Å². The van der Waals surface area contributed by atoms with E-state index in [4.69, 9.17) is 10.5 Å². The first-order valence-electron chi connectivity index (χ1n) is 9.97. The van der Waals surface area contributed by atoms with Crippen LogP contribution >= 0.6 is 23.7 Å². The summed E-state index contributed by atoms with van der Waals surface area (Å²) < 4.78 is 6.40. The molecule has 0 bridgehead atoms. The van der Waals surface area contributed by atoms with E-state index < -0.39 is 0 Å². The van der Waals surface area contributed by atoms with Crippen LogP contribution < -0.4 is 5.73 Å². The number of hydrogen-bond acceptors (Lipinski definition) is 6. The first kappa shape index (κ1) is 22.0. The van der Waals surface area contributed by atoms with Gasteiger partial charge in [0.1, 0.15) is 0 Å². The molecule has 1 amide bonds. The Morgan fingerprint density at radius 3 is 2.69 bits per heavy atom. The zero-order valence-electron chi connectivity index (χ0n) is 16.8. The molecule has 0 saturated carbocycles. The van der Waals surface area contributed by atoms with Crippen LogP contribution in [-0.4, -0.2) is 65.1 Å². The standard InChI is InChI=1S/C21H28N4O2S.ClH/c1-16-13-25(19(26)17-5-3-2-4-6-17)15-21(27-16)8-11-24(12-9-21)10-7-18-14-28-20(22)23-18;/h2-6,14,16H,7-13,15H2,1H3,(H2,22,23);1H. The summed E-state index contributed by atoms with van der Waals surface area (Å²) in [5.74, 6) is 0.110. The van der Waals surface area contributed by atoms with E-state index in [1.165, 1.54) is 11.3 Å². The van der Waals surface area contributed by atoms with E-state index >= 15 is 0 Å². The molecule has 158 valence electrons. The van der Waals surface area contributed by atoms with Crippen molar-refractivity contribution in [3.8, 4) is 0 Å². The van der Waals surface area contributed by atoms with Gasteiger partial charge in [-0.15, -0.1) is 23.7 Å². The molecule has 2 N–H and O–H groups in total. The molecule has 4 rings (SSSR count). The number of carbonyl (C=O) groups is 1. The Balaban J connectivity index is 0.00000240. The summed E-state index contributed by atoms with van der Waals surface area (Å²) in [6.07, 6.45) is 2.90. The van der Waals surface area contributed by atoms with Gasteiger partial charge in [-0.1, -0.05) is 18.2 Å². The summed E-state index contributed by atoms with van der Waals surface area (Å²) in [4.78, 5) is 21.7. The highest BCUT2D eigenvalue weighted by Gasteiger charge is 2.43. The Kier molecular flexibility index (Phi) is 7.16. The second-order valence-electron chi connectivity index (χ2n) is 7.93. The van der Waals surface area contributed by atoms with Crippen molar-refractivity contribution in [1.29, 1.82) is 0 Å². The predicted molar refractivity (Wildman–Crippen MR) is 119 cm³/mol. The smallest absolute Gasteiger partial charge is 0.254 e. The maximum Gasteiger partial charge on any atom is 0.254 e. The summed E-state index contributed by atoms with van der Waals surface area (Å²) >= 11 is 1.50. The number of nitrogens with two attached hydrogens (primary N) is 1. The molecule has 2 aliphatic rings. The van der Waals surface area contributed by atoms with E-state index in [0.29, 0.717) is 18.2 Å². The third-order valence-corrected chi connectivity index (χ3v) is 6.46. The number of benzene rings is 1. The molecule has 3 heterocycles. The molecule has 6 nitrogen and oxygen atoms in total. The number of halogens is 1. The van der Waals surface area contributed by atoms with Gasteiger partial charge in [0.05, 0.1) is 23.9 Å². The number of hydrogen-bond donors (Lipinski definition) is 1. The second kappa shape index (κ2) is 9.43. The van der Waals surface area contributed by atoms with Crippen molar-refractivity contribution in [3.63, 3.8) is 0 Å². The van der Waals surface area contributed by atoms with Crippen molar-refractivity contribution in [1.82, 2.24) is 14.8 Å². The molecule has 1 aromatic heterocycles. The molecule has 2 aromatic rings. The fourth-order valence-corrected chi connectivity index (χ4v) is 4.91. The molecular formula is C21H29ClN4O2S. The third-order valence-electron chi connectivity index (χ3n) is 5.74. The van der Waals surface area contributed by atoms with Gasteiger partial charge < -0.3 is 20.3 Å². The van der Waals surface area contributed by atoms with Crippen LogP contribution in [0.2, 0.25) is 0 Å². The number of morpholine rings is 1. The first-order chi connectivity index (χ1) is 13.5. The number of nitrogen functional groups attached to an aromatic ring is 1. The summed E-state index contributed by atoms with van der Waals surface area (Å²) in [5, 5.41) is 2.68. The molecule has 8 heteroatoms. The molecule has 2 aliphatic heterocycles. The van der Waals surface area contributed by atoms with E-state index in [2.05, 4.69) is 16.8 Å². The van der Waals surface area contributed by atoms with Crippen LogP contribution in [0, 0.1) is 0 Å². The Hall–Kier alpha value is -1.67. The SMILES string of the molecule is CC1CN(C(=O)c2ccccc2)CC2(CCN(CCc3csc(N)n3)CC2)O1.Cl. The minimum absolute atomic E-state index is 0. The molecule has 2 fully saturated rings. The normalized spacial score (nSPS) is 21.7. The number of aromatic nitrogens is 1. The number of anilines is 1. The maximum atomic E-state index is 12.9. The van der Waals surface area contributed by atoms with Gasteiger partial charge in [0.25, 0.3) is 5.91 Å². The number of piperidine rings is 1. The van der Waals surface area contributed by atoms with E-state index in [1.807, 2.05) is 40.6 Å². The minimum atomic E-state index is -0.219. The number of carbonyl (C=O) groups excluding carboxylic acids is 1. The van der Waals surface area contributed by atoms with Crippen molar-refractivity contribution in [2.24, 2.45) is 0 Å². The number of nitrogens with zero attached hydrogens (tertiary/aromatic N) is 3. The second-order valence-corrected chi connectivity index (χ2v) is 8.82. The molecule has 2 saturated heterocycles. The van der Waals surface area contributed by atoms with Gasteiger partial charge in [-0.2, -0.15) is 0 Å².